The van der Waals surface area contributed by atoms with E-state index >= 15 is 0 Å². The van der Waals surface area contributed by atoms with Gasteiger partial charge in [0.1, 0.15) is 10.6 Å². The normalized spacial score (nSPS) is 25.1. The minimum atomic E-state index is -0.109. The summed E-state index contributed by atoms with van der Waals surface area (Å²) < 4.78 is 9.63. The fraction of sp³-hybridized carbons (Fsp3) is 0.692. The lowest BCUT2D eigenvalue weighted by molar-refractivity contribution is 0.00305. The van der Waals surface area contributed by atoms with Crippen molar-refractivity contribution >= 4 is 28.3 Å². The Morgan fingerprint density at radius 3 is 2.85 bits per heavy atom. The summed E-state index contributed by atoms with van der Waals surface area (Å²) >= 11 is 1.26. The molecule has 1 aromatic heterocycles. The second-order valence-corrected chi connectivity index (χ2v) is 6.18. The van der Waals surface area contributed by atoms with Crippen LogP contribution in [-0.2, 0) is 4.74 Å². The maximum Gasteiger partial charge on any atom is 0.258 e. The van der Waals surface area contributed by atoms with Crippen molar-refractivity contribution < 1.29 is 9.53 Å². The summed E-state index contributed by atoms with van der Waals surface area (Å²) in [4.78, 5) is 12.2. The Kier molecular flexibility index (Phi) is 3.80. The number of nitrogens with zero attached hydrogens (tertiary/aromatic N) is 1. The lowest BCUT2D eigenvalue weighted by atomic mass is 9.89. The SMILES string of the molecule is CCOC1CC(Nc2snc(N)c2C(=O)NC2CC2)C1. The molecule has 4 N–H and O–H groups in total. The fourth-order valence-corrected chi connectivity index (χ4v) is 3.14. The summed E-state index contributed by atoms with van der Waals surface area (Å²) in [7, 11) is 0. The molecule has 1 heterocycles. The van der Waals surface area contributed by atoms with Crippen molar-refractivity contribution in [3.63, 3.8) is 0 Å². The average molecular weight is 296 g/mol. The van der Waals surface area contributed by atoms with Gasteiger partial charge < -0.3 is 21.1 Å². The molecule has 2 aliphatic carbocycles. The van der Waals surface area contributed by atoms with Gasteiger partial charge in [0.25, 0.3) is 5.91 Å². The molecular weight excluding hydrogens is 276 g/mol. The van der Waals surface area contributed by atoms with Crippen LogP contribution in [0.25, 0.3) is 0 Å². The van der Waals surface area contributed by atoms with Gasteiger partial charge in [0.2, 0.25) is 0 Å². The Balaban J connectivity index is 1.60. The van der Waals surface area contributed by atoms with E-state index in [0.29, 0.717) is 29.6 Å². The zero-order valence-electron chi connectivity index (χ0n) is 11.5. The number of nitrogens with two attached hydrogens (primary N) is 1. The van der Waals surface area contributed by atoms with Crippen molar-refractivity contribution in [1.29, 1.82) is 0 Å². The van der Waals surface area contributed by atoms with E-state index in [1.54, 1.807) is 0 Å². The van der Waals surface area contributed by atoms with Gasteiger partial charge >= 0.3 is 0 Å². The summed E-state index contributed by atoms with van der Waals surface area (Å²) in [6.07, 6.45) is 4.39. The van der Waals surface area contributed by atoms with E-state index in [4.69, 9.17) is 10.5 Å². The van der Waals surface area contributed by atoms with Crippen LogP contribution in [0, 0.1) is 0 Å². The summed E-state index contributed by atoms with van der Waals surface area (Å²) in [5, 5.41) is 7.10. The van der Waals surface area contributed by atoms with Crippen molar-refractivity contribution in [2.24, 2.45) is 0 Å². The van der Waals surface area contributed by atoms with Gasteiger partial charge in [0.15, 0.2) is 5.82 Å². The zero-order chi connectivity index (χ0) is 14.1. The van der Waals surface area contributed by atoms with Gasteiger partial charge in [-0.1, -0.05) is 0 Å². The monoisotopic (exact) mass is 296 g/mol. The highest BCUT2D eigenvalue weighted by Crippen LogP contribution is 2.33. The van der Waals surface area contributed by atoms with Gasteiger partial charge in [0.05, 0.1) is 6.10 Å². The minimum absolute atomic E-state index is 0.109. The highest BCUT2D eigenvalue weighted by Gasteiger charge is 2.32. The molecule has 2 saturated carbocycles. The highest BCUT2D eigenvalue weighted by molar-refractivity contribution is 7.11. The molecule has 6 nitrogen and oxygen atoms in total. The molecule has 0 radical (unpaired) electrons. The van der Waals surface area contributed by atoms with Crippen LogP contribution < -0.4 is 16.4 Å². The molecule has 1 amide bonds. The molecule has 0 aromatic carbocycles. The summed E-state index contributed by atoms with van der Waals surface area (Å²) in [6, 6.07) is 0.666. The van der Waals surface area contributed by atoms with E-state index in [0.717, 1.165) is 37.3 Å². The van der Waals surface area contributed by atoms with Gasteiger partial charge in [-0.3, -0.25) is 4.79 Å². The molecule has 0 unspecified atom stereocenters. The predicted octanol–water partition coefficient (Wildman–Crippen LogP) is 1.60. The van der Waals surface area contributed by atoms with Crippen molar-refractivity contribution in [3.05, 3.63) is 5.56 Å². The molecule has 2 fully saturated rings. The number of carbonyl (C=O) groups excluding carboxylic acids is 1. The van der Waals surface area contributed by atoms with E-state index in [2.05, 4.69) is 15.0 Å². The standard InChI is InChI=1S/C13H20N4O2S/c1-2-19-9-5-8(6-9)16-13-10(11(14)17-20-13)12(18)15-7-3-4-7/h7-9,16H,2-6H2,1H3,(H2,14,17)(H,15,18). The average Bonchev–Trinajstić information content (AvgIpc) is 3.09. The van der Waals surface area contributed by atoms with Crippen molar-refractivity contribution in [3.8, 4) is 0 Å². The molecule has 0 aliphatic heterocycles. The van der Waals surface area contributed by atoms with Crippen LogP contribution in [0.3, 0.4) is 0 Å². The van der Waals surface area contributed by atoms with E-state index in [1.807, 2.05) is 6.92 Å². The smallest absolute Gasteiger partial charge is 0.258 e. The number of rotatable bonds is 6. The lowest BCUT2D eigenvalue weighted by Gasteiger charge is -2.35. The number of hydrogen-bond acceptors (Lipinski definition) is 6. The first-order valence-electron chi connectivity index (χ1n) is 7.11. The number of nitrogen functional groups attached to an aromatic ring is 1. The Labute approximate surface area is 122 Å². The first-order valence-corrected chi connectivity index (χ1v) is 7.88. The molecule has 0 atom stereocenters. The molecule has 3 rings (SSSR count). The topological polar surface area (TPSA) is 89.3 Å². The molecule has 20 heavy (non-hydrogen) atoms. The maximum absolute atomic E-state index is 12.2. The van der Waals surface area contributed by atoms with E-state index < -0.39 is 0 Å². The number of nitrogens with one attached hydrogen (secondary N) is 2. The Morgan fingerprint density at radius 2 is 2.20 bits per heavy atom. The number of anilines is 2. The number of aromatic nitrogens is 1. The molecule has 7 heteroatoms. The summed E-state index contributed by atoms with van der Waals surface area (Å²) in [6.45, 7) is 2.75. The van der Waals surface area contributed by atoms with E-state index in [1.165, 1.54) is 11.5 Å². The highest BCUT2D eigenvalue weighted by atomic mass is 32.1. The van der Waals surface area contributed by atoms with Crippen LogP contribution in [0.2, 0.25) is 0 Å². The van der Waals surface area contributed by atoms with Gasteiger partial charge in [-0.2, -0.15) is 4.37 Å². The second kappa shape index (κ2) is 5.57. The quantitative estimate of drug-likeness (QED) is 0.742. The van der Waals surface area contributed by atoms with Crippen molar-refractivity contribution in [1.82, 2.24) is 9.69 Å². The van der Waals surface area contributed by atoms with Crippen LogP contribution in [-0.4, -0.2) is 35.1 Å². The first-order chi connectivity index (χ1) is 9.67. The third-order valence-corrected chi connectivity index (χ3v) is 4.48. The second-order valence-electron chi connectivity index (χ2n) is 5.41. The Bertz CT molecular complexity index is 495. The Morgan fingerprint density at radius 1 is 1.45 bits per heavy atom. The molecule has 0 saturated heterocycles. The lowest BCUT2D eigenvalue weighted by Crippen LogP contribution is -2.41. The molecular formula is C13H20N4O2S. The third-order valence-electron chi connectivity index (χ3n) is 3.69. The third kappa shape index (κ3) is 2.88. The molecule has 110 valence electrons. The van der Waals surface area contributed by atoms with Gasteiger partial charge in [-0.25, -0.2) is 0 Å². The number of ether oxygens (including phenoxy) is 1. The summed E-state index contributed by atoms with van der Waals surface area (Å²) in [5.74, 6) is 0.207. The number of amides is 1. The summed E-state index contributed by atoms with van der Waals surface area (Å²) in [5.41, 5.74) is 6.32. The van der Waals surface area contributed by atoms with Gasteiger partial charge in [-0.05, 0) is 44.1 Å². The molecule has 0 spiro atoms. The zero-order valence-corrected chi connectivity index (χ0v) is 12.3. The van der Waals surface area contributed by atoms with Crippen LogP contribution in [0.15, 0.2) is 0 Å². The van der Waals surface area contributed by atoms with Crippen LogP contribution in [0.4, 0.5) is 10.8 Å². The van der Waals surface area contributed by atoms with Crippen molar-refractivity contribution in [2.45, 2.75) is 50.8 Å². The Hall–Kier alpha value is -1.34. The predicted molar refractivity (Wildman–Crippen MR) is 79.1 cm³/mol. The van der Waals surface area contributed by atoms with Crippen molar-refractivity contribution in [2.75, 3.05) is 17.7 Å². The largest absolute Gasteiger partial charge is 0.382 e. The van der Waals surface area contributed by atoms with E-state index in [-0.39, 0.29) is 5.91 Å². The van der Waals surface area contributed by atoms with Gasteiger partial charge in [0, 0.05) is 18.7 Å². The maximum atomic E-state index is 12.2. The molecule has 1 aromatic rings. The van der Waals surface area contributed by atoms with Crippen LogP contribution in [0.5, 0.6) is 0 Å². The molecule has 2 aliphatic rings. The fourth-order valence-electron chi connectivity index (χ4n) is 2.35. The molecule has 0 bridgehead atoms. The van der Waals surface area contributed by atoms with Crippen LogP contribution in [0.1, 0.15) is 43.0 Å². The first kappa shape index (κ1) is 13.6. The number of hydrogen-bond donors (Lipinski definition) is 3. The van der Waals surface area contributed by atoms with Gasteiger partial charge in [-0.15, -0.1) is 0 Å². The minimum Gasteiger partial charge on any atom is -0.382 e. The van der Waals surface area contributed by atoms with Crippen LogP contribution >= 0.6 is 11.5 Å². The number of carbonyl (C=O) groups is 1. The van der Waals surface area contributed by atoms with E-state index in [9.17, 15) is 4.79 Å².